The molecule has 2 aliphatic rings. The molecule has 0 amide bonds. The van der Waals surface area contributed by atoms with Gasteiger partial charge in [-0.05, 0) is 11.8 Å². The molecule has 1 aliphatic heterocycles. The number of nitrogens with one attached hydrogen (secondary N) is 1. The second-order valence-electron chi connectivity index (χ2n) is 5.71. The van der Waals surface area contributed by atoms with Crippen LogP contribution in [0.15, 0.2) is 6.20 Å². The van der Waals surface area contributed by atoms with Gasteiger partial charge < -0.3 is 20.8 Å². The SMILES string of the molecule is Nc1nc(N2CC3C(C2)C3(CO)CO)c2cn[nH]c2n1. The van der Waals surface area contributed by atoms with Crippen molar-refractivity contribution in [3.05, 3.63) is 6.20 Å². The maximum Gasteiger partial charge on any atom is 0.224 e. The summed E-state index contributed by atoms with van der Waals surface area (Å²) in [4.78, 5) is 10.6. The highest BCUT2D eigenvalue weighted by Crippen LogP contribution is 2.62. The highest BCUT2D eigenvalue weighted by Gasteiger charge is 2.67. The van der Waals surface area contributed by atoms with Crippen molar-refractivity contribution < 1.29 is 10.2 Å². The van der Waals surface area contributed by atoms with Crippen molar-refractivity contribution in [1.82, 2.24) is 20.2 Å². The number of H-pyrrole nitrogens is 1. The molecule has 4 rings (SSSR count). The van der Waals surface area contributed by atoms with Crippen LogP contribution in [0.25, 0.3) is 11.0 Å². The predicted molar refractivity (Wildman–Crippen MR) is 71.9 cm³/mol. The summed E-state index contributed by atoms with van der Waals surface area (Å²) in [6.07, 6.45) is 1.69. The molecular weight excluding hydrogens is 260 g/mol. The fourth-order valence-electron chi connectivity index (χ4n) is 3.61. The molecular formula is C12H16N6O2. The number of anilines is 2. The monoisotopic (exact) mass is 276 g/mol. The number of piperidine rings is 1. The fourth-order valence-corrected chi connectivity index (χ4v) is 3.61. The van der Waals surface area contributed by atoms with Gasteiger partial charge in [-0.1, -0.05) is 0 Å². The Labute approximate surface area is 114 Å². The molecule has 5 N–H and O–H groups in total. The van der Waals surface area contributed by atoms with Crippen LogP contribution in [0.2, 0.25) is 0 Å². The van der Waals surface area contributed by atoms with E-state index in [4.69, 9.17) is 5.73 Å². The van der Waals surface area contributed by atoms with Crippen LogP contribution in [0.5, 0.6) is 0 Å². The van der Waals surface area contributed by atoms with Crippen molar-refractivity contribution in [2.75, 3.05) is 36.9 Å². The molecule has 2 aromatic rings. The van der Waals surface area contributed by atoms with E-state index in [0.29, 0.717) is 17.5 Å². The molecule has 2 aromatic heterocycles. The number of nitrogens with zero attached hydrogens (tertiary/aromatic N) is 4. The number of aromatic nitrogens is 4. The van der Waals surface area contributed by atoms with Crippen LogP contribution in [0.3, 0.4) is 0 Å². The average Bonchev–Trinajstić information content (AvgIpc) is 2.85. The lowest BCUT2D eigenvalue weighted by Crippen LogP contribution is -2.32. The molecule has 0 radical (unpaired) electrons. The summed E-state index contributed by atoms with van der Waals surface area (Å²) < 4.78 is 0. The van der Waals surface area contributed by atoms with Gasteiger partial charge in [0.05, 0.1) is 24.8 Å². The van der Waals surface area contributed by atoms with Gasteiger partial charge in [0, 0.05) is 18.5 Å². The van der Waals surface area contributed by atoms with E-state index < -0.39 is 0 Å². The van der Waals surface area contributed by atoms with Crippen LogP contribution in [0, 0.1) is 17.3 Å². The summed E-state index contributed by atoms with van der Waals surface area (Å²) in [5.41, 5.74) is 6.05. The molecule has 2 atom stereocenters. The largest absolute Gasteiger partial charge is 0.396 e. The smallest absolute Gasteiger partial charge is 0.224 e. The minimum Gasteiger partial charge on any atom is -0.396 e. The topological polar surface area (TPSA) is 124 Å². The maximum absolute atomic E-state index is 9.46. The molecule has 20 heavy (non-hydrogen) atoms. The first-order valence-corrected chi connectivity index (χ1v) is 6.63. The highest BCUT2D eigenvalue weighted by atomic mass is 16.3. The van der Waals surface area contributed by atoms with Gasteiger partial charge in [-0.3, -0.25) is 5.10 Å². The fraction of sp³-hybridized carbons (Fsp3) is 0.583. The molecule has 3 heterocycles. The average molecular weight is 276 g/mol. The lowest BCUT2D eigenvalue weighted by molar-refractivity contribution is 0.109. The quantitative estimate of drug-likeness (QED) is 0.565. The van der Waals surface area contributed by atoms with Crippen LogP contribution in [0.4, 0.5) is 11.8 Å². The van der Waals surface area contributed by atoms with Gasteiger partial charge in [-0.25, -0.2) is 0 Å². The number of nitrogens with two attached hydrogens (primary N) is 1. The highest BCUT2D eigenvalue weighted by molar-refractivity contribution is 5.87. The number of hydrogen-bond acceptors (Lipinski definition) is 7. The second-order valence-corrected chi connectivity index (χ2v) is 5.71. The first-order valence-electron chi connectivity index (χ1n) is 6.63. The summed E-state index contributed by atoms with van der Waals surface area (Å²) in [6, 6.07) is 0. The molecule has 1 saturated carbocycles. The summed E-state index contributed by atoms with van der Waals surface area (Å²) in [6.45, 7) is 1.62. The standard InChI is InChI=1S/C12H16N6O2/c13-11-15-9-6(1-14-17-9)10(16-11)18-2-7-8(3-18)12(7,4-19)5-20/h1,7-8,19-20H,2-5H2,(H3,13,14,15,16,17). The van der Waals surface area contributed by atoms with Crippen LogP contribution < -0.4 is 10.6 Å². The van der Waals surface area contributed by atoms with E-state index in [2.05, 4.69) is 25.1 Å². The molecule has 0 spiro atoms. The summed E-state index contributed by atoms with van der Waals surface area (Å²) in [5, 5.41) is 26.5. The molecule has 2 fully saturated rings. The molecule has 0 aromatic carbocycles. The number of aliphatic hydroxyl groups excluding tert-OH is 2. The van der Waals surface area contributed by atoms with Crippen LogP contribution in [0.1, 0.15) is 0 Å². The lowest BCUT2D eigenvalue weighted by Gasteiger charge is -2.25. The zero-order valence-corrected chi connectivity index (χ0v) is 10.8. The Morgan fingerprint density at radius 3 is 2.65 bits per heavy atom. The summed E-state index contributed by atoms with van der Waals surface area (Å²) in [7, 11) is 0. The van der Waals surface area contributed by atoms with E-state index in [0.717, 1.165) is 24.3 Å². The lowest BCUT2D eigenvalue weighted by atomic mass is 10.0. The van der Waals surface area contributed by atoms with Gasteiger partial charge in [-0.2, -0.15) is 15.1 Å². The zero-order chi connectivity index (χ0) is 13.9. The van der Waals surface area contributed by atoms with E-state index in [1.54, 1.807) is 6.20 Å². The van der Waals surface area contributed by atoms with E-state index >= 15 is 0 Å². The van der Waals surface area contributed by atoms with Gasteiger partial charge >= 0.3 is 0 Å². The number of fused-ring (bicyclic) bond motifs is 2. The Hall–Kier alpha value is -1.93. The number of rotatable bonds is 3. The van der Waals surface area contributed by atoms with Gasteiger partial charge in [0.25, 0.3) is 0 Å². The Balaban J connectivity index is 1.66. The number of hydrogen-bond donors (Lipinski definition) is 4. The Morgan fingerprint density at radius 1 is 1.30 bits per heavy atom. The first-order chi connectivity index (χ1) is 9.69. The molecule has 1 aliphatic carbocycles. The van der Waals surface area contributed by atoms with E-state index in [-0.39, 0.29) is 24.6 Å². The van der Waals surface area contributed by atoms with Crippen LogP contribution >= 0.6 is 0 Å². The van der Waals surface area contributed by atoms with E-state index in [1.807, 2.05) is 0 Å². The van der Waals surface area contributed by atoms with Crippen molar-refractivity contribution in [1.29, 1.82) is 0 Å². The normalized spacial score (nSPS) is 27.0. The van der Waals surface area contributed by atoms with Crippen molar-refractivity contribution in [3.8, 4) is 0 Å². The Kier molecular flexibility index (Phi) is 2.25. The van der Waals surface area contributed by atoms with E-state index in [1.165, 1.54) is 0 Å². The van der Waals surface area contributed by atoms with Crippen LogP contribution in [-0.4, -0.2) is 56.7 Å². The molecule has 106 valence electrons. The molecule has 0 bridgehead atoms. The minimum absolute atomic E-state index is 0.0414. The Bertz CT molecular complexity index is 653. The molecule has 1 saturated heterocycles. The van der Waals surface area contributed by atoms with Crippen molar-refractivity contribution in [2.24, 2.45) is 17.3 Å². The maximum atomic E-state index is 9.46. The third-order valence-electron chi connectivity index (χ3n) is 4.88. The van der Waals surface area contributed by atoms with Gasteiger partial charge in [-0.15, -0.1) is 0 Å². The number of aliphatic hydroxyl groups is 2. The molecule has 2 unspecified atom stereocenters. The number of aromatic amines is 1. The van der Waals surface area contributed by atoms with Crippen molar-refractivity contribution in [3.63, 3.8) is 0 Å². The Morgan fingerprint density at radius 2 is 2.00 bits per heavy atom. The summed E-state index contributed by atoms with van der Waals surface area (Å²) >= 11 is 0. The van der Waals surface area contributed by atoms with Gasteiger partial charge in [0.1, 0.15) is 5.82 Å². The van der Waals surface area contributed by atoms with Crippen molar-refractivity contribution >= 4 is 22.8 Å². The second kappa shape index (κ2) is 3.80. The van der Waals surface area contributed by atoms with Gasteiger partial charge in [0.2, 0.25) is 5.95 Å². The third kappa shape index (κ3) is 1.35. The zero-order valence-electron chi connectivity index (χ0n) is 10.8. The number of nitrogen functional groups attached to an aromatic ring is 1. The minimum atomic E-state index is -0.301. The van der Waals surface area contributed by atoms with Crippen molar-refractivity contribution in [2.45, 2.75) is 0 Å². The van der Waals surface area contributed by atoms with Gasteiger partial charge in [0.15, 0.2) is 5.65 Å². The van der Waals surface area contributed by atoms with Crippen LogP contribution in [-0.2, 0) is 0 Å². The molecule has 8 heteroatoms. The third-order valence-corrected chi connectivity index (χ3v) is 4.88. The first kappa shape index (κ1) is 11.9. The predicted octanol–water partition coefficient (Wildman–Crippen LogP) is -1.03. The summed E-state index contributed by atoms with van der Waals surface area (Å²) in [5.74, 6) is 1.62. The van der Waals surface area contributed by atoms with E-state index in [9.17, 15) is 10.2 Å². The molecule has 8 nitrogen and oxygen atoms in total.